The first-order chi connectivity index (χ1) is 10.7. The number of ether oxygens (including phenoxy) is 1. The maximum atomic E-state index is 5.26. The van der Waals surface area contributed by atoms with Gasteiger partial charge in [0.05, 0.1) is 23.7 Å². The van der Waals surface area contributed by atoms with E-state index in [0.29, 0.717) is 5.92 Å². The van der Waals surface area contributed by atoms with Crippen LogP contribution in [0.3, 0.4) is 0 Å². The van der Waals surface area contributed by atoms with Gasteiger partial charge < -0.3 is 15.0 Å². The Kier molecular flexibility index (Phi) is 3.64. The molecule has 5 heteroatoms. The van der Waals surface area contributed by atoms with Crippen molar-refractivity contribution < 1.29 is 4.74 Å². The van der Waals surface area contributed by atoms with E-state index in [-0.39, 0.29) is 6.04 Å². The summed E-state index contributed by atoms with van der Waals surface area (Å²) < 4.78 is 6.36. The number of methoxy groups -OCH3 is 1. The monoisotopic (exact) mass is 359 g/mol. The predicted molar refractivity (Wildman–Crippen MR) is 92.0 cm³/mol. The van der Waals surface area contributed by atoms with Gasteiger partial charge in [-0.1, -0.05) is 28.1 Å². The lowest BCUT2D eigenvalue weighted by Gasteiger charge is -2.07. The van der Waals surface area contributed by atoms with Gasteiger partial charge in [0, 0.05) is 23.5 Å². The van der Waals surface area contributed by atoms with Crippen LogP contribution >= 0.6 is 15.9 Å². The highest BCUT2D eigenvalue weighted by Gasteiger charge is 2.27. The van der Waals surface area contributed by atoms with Crippen LogP contribution in [0.25, 0.3) is 21.8 Å². The van der Waals surface area contributed by atoms with E-state index < -0.39 is 0 Å². The average molecular weight is 360 g/mol. The Morgan fingerprint density at radius 2 is 2.23 bits per heavy atom. The van der Waals surface area contributed by atoms with Crippen LogP contribution in [0.1, 0.15) is 18.3 Å². The van der Waals surface area contributed by atoms with Gasteiger partial charge in [0.25, 0.3) is 0 Å². The first kappa shape index (κ1) is 14.2. The molecule has 0 bridgehead atoms. The molecule has 0 aliphatic carbocycles. The Bertz CT molecular complexity index is 829. The number of halogens is 1. The molecule has 0 amide bonds. The van der Waals surface area contributed by atoms with Crippen LogP contribution in [0.5, 0.6) is 0 Å². The summed E-state index contributed by atoms with van der Waals surface area (Å²) in [4.78, 5) is 8.35. The van der Waals surface area contributed by atoms with Crippen molar-refractivity contribution in [2.45, 2.75) is 12.5 Å². The maximum Gasteiger partial charge on any atom is 0.124 e. The molecule has 114 valence electrons. The zero-order valence-electron chi connectivity index (χ0n) is 12.4. The number of hydrogen-bond acceptors (Lipinski definition) is 3. The van der Waals surface area contributed by atoms with Gasteiger partial charge in [-0.2, -0.15) is 0 Å². The molecule has 3 aromatic rings. The van der Waals surface area contributed by atoms with Gasteiger partial charge in [0.1, 0.15) is 5.82 Å². The lowest BCUT2D eigenvalue weighted by Crippen LogP contribution is -2.15. The number of nitrogens with one attached hydrogen (secondary N) is 2. The van der Waals surface area contributed by atoms with Crippen LogP contribution in [-0.2, 0) is 4.74 Å². The van der Waals surface area contributed by atoms with Crippen molar-refractivity contribution in [2.75, 3.05) is 20.3 Å². The van der Waals surface area contributed by atoms with Crippen molar-refractivity contribution in [3.8, 4) is 0 Å². The molecule has 2 unspecified atom stereocenters. The topological polar surface area (TPSA) is 49.9 Å². The van der Waals surface area contributed by atoms with Crippen LogP contribution in [0.4, 0.5) is 0 Å². The fourth-order valence-corrected chi connectivity index (χ4v) is 3.72. The van der Waals surface area contributed by atoms with Crippen LogP contribution in [0.15, 0.2) is 34.8 Å². The number of H-pyrrole nitrogens is 1. The minimum absolute atomic E-state index is 0.290. The number of aromatic nitrogens is 2. The van der Waals surface area contributed by atoms with E-state index in [0.717, 1.165) is 40.9 Å². The van der Waals surface area contributed by atoms with Gasteiger partial charge in [-0.3, -0.25) is 0 Å². The lowest BCUT2D eigenvalue weighted by molar-refractivity contribution is 0.159. The second-order valence-corrected chi connectivity index (χ2v) is 6.88. The Balaban J connectivity index is 1.73. The number of imidazole rings is 1. The molecule has 2 atom stereocenters. The summed E-state index contributed by atoms with van der Waals surface area (Å²) in [6.45, 7) is 1.80. The SMILES string of the molecule is COCC1CNC(c2nc3c(ccc4cc(Br)ccc43)[nH]2)C1. The van der Waals surface area contributed by atoms with E-state index in [4.69, 9.17) is 9.72 Å². The van der Waals surface area contributed by atoms with Crippen molar-refractivity contribution in [2.24, 2.45) is 5.92 Å². The highest BCUT2D eigenvalue weighted by atomic mass is 79.9. The first-order valence-corrected chi connectivity index (χ1v) is 8.34. The summed E-state index contributed by atoms with van der Waals surface area (Å²) in [5.74, 6) is 1.60. The normalized spacial score (nSPS) is 21.9. The number of hydrogen-bond donors (Lipinski definition) is 2. The van der Waals surface area contributed by atoms with Crippen molar-refractivity contribution in [1.29, 1.82) is 0 Å². The fourth-order valence-electron chi connectivity index (χ4n) is 3.34. The van der Waals surface area contributed by atoms with E-state index in [1.165, 1.54) is 10.8 Å². The Morgan fingerprint density at radius 1 is 1.32 bits per heavy atom. The molecular formula is C17H18BrN3O. The van der Waals surface area contributed by atoms with Gasteiger partial charge >= 0.3 is 0 Å². The largest absolute Gasteiger partial charge is 0.384 e. The van der Waals surface area contributed by atoms with Crippen LogP contribution in [0, 0.1) is 5.92 Å². The Hall–Kier alpha value is -1.43. The van der Waals surface area contributed by atoms with Gasteiger partial charge in [-0.05, 0) is 35.9 Å². The Labute approximate surface area is 137 Å². The molecule has 1 saturated heterocycles. The molecule has 1 fully saturated rings. The number of aromatic amines is 1. The van der Waals surface area contributed by atoms with Gasteiger partial charge in [-0.15, -0.1) is 0 Å². The third-order valence-corrected chi connectivity index (χ3v) is 4.90. The van der Waals surface area contributed by atoms with E-state index >= 15 is 0 Å². The third-order valence-electron chi connectivity index (χ3n) is 4.40. The summed E-state index contributed by atoms with van der Waals surface area (Å²) in [5.41, 5.74) is 2.15. The average Bonchev–Trinajstić information content (AvgIpc) is 3.13. The third kappa shape index (κ3) is 2.43. The van der Waals surface area contributed by atoms with E-state index in [9.17, 15) is 0 Å². The molecule has 2 aromatic carbocycles. The Morgan fingerprint density at radius 3 is 3.09 bits per heavy atom. The molecule has 0 radical (unpaired) electrons. The number of nitrogens with zero attached hydrogens (tertiary/aromatic N) is 1. The summed E-state index contributed by atoms with van der Waals surface area (Å²) in [6.07, 6.45) is 1.07. The van der Waals surface area contributed by atoms with Gasteiger partial charge in [0.15, 0.2) is 0 Å². The van der Waals surface area contributed by atoms with E-state index in [1.54, 1.807) is 7.11 Å². The van der Waals surface area contributed by atoms with Gasteiger partial charge in [-0.25, -0.2) is 4.98 Å². The van der Waals surface area contributed by atoms with E-state index in [2.05, 4.69) is 56.6 Å². The van der Waals surface area contributed by atoms with Crippen LogP contribution in [0.2, 0.25) is 0 Å². The smallest absolute Gasteiger partial charge is 0.124 e. The first-order valence-electron chi connectivity index (χ1n) is 7.55. The standard InChI is InChI=1S/C17H18BrN3O/c1-22-9-10-6-15(19-8-10)17-20-14-5-2-11-7-12(18)3-4-13(11)16(14)21-17/h2-5,7,10,15,19H,6,8-9H2,1H3,(H,20,21). The van der Waals surface area contributed by atoms with Crippen LogP contribution < -0.4 is 5.32 Å². The molecule has 1 aliphatic rings. The number of fused-ring (bicyclic) bond motifs is 3. The van der Waals surface area contributed by atoms with Crippen molar-refractivity contribution in [3.05, 3.63) is 40.6 Å². The molecular weight excluding hydrogens is 342 g/mol. The molecule has 1 aliphatic heterocycles. The fraction of sp³-hybridized carbons (Fsp3) is 0.353. The zero-order chi connectivity index (χ0) is 15.1. The quantitative estimate of drug-likeness (QED) is 0.748. The second kappa shape index (κ2) is 5.65. The van der Waals surface area contributed by atoms with Crippen LogP contribution in [-0.4, -0.2) is 30.2 Å². The molecule has 2 heterocycles. The maximum absolute atomic E-state index is 5.26. The highest BCUT2D eigenvalue weighted by Crippen LogP contribution is 2.30. The number of rotatable bonds is 3. The molecule has 4 rings (SSSR count). The summed E-state index contributed by atoms with van der Waals surface area (Å²) >= 11 is 3.53. The minimum atomic E-state index is 0.290. The molecule has 22 heavy (non-hydrogen) atoms. The zero-order valence-corrected chi connectivity index (χ0v) is 14.0. The number of benzene rings is 2. The molecule has 0 saturated carbocycles. The summed E-state index contributed by atoms with van der Waals surface area (Å²) in [5, 5.41) is 5.94. The molecule has 1 aromatic heterocycles. The van der Waals surface area contributed by atoms with E-state index in [1.807, 2.05) is 0 Å². The molecule has 0 spiro atoms. The van der Waals surface area contributed by atoms with Crippen molar-refractivity contribution >= 4 is 37.7 Å². The second-order valence-electron chi connectivity index (χ2n) is 5.97. The predicted octanol–water partition coefficient (Wildman–Crippen LogP) is 3.78. The molecule has 2 N–H and O–H groups in total. The molecule has 4 nitrogen and oxygen atoms in total. The van der Waals surface area contributed by atoms with Crippen molar-refractivity contribution in [3.63, 3.8) is 0 Å². The highest BCUT2D eigenvalue weighted by molar-refractivity contribution is 9.10. The lowest BCUT2D eigenvalue weighted by atomic mass is 10.1. The van der Waals surface area contributed by atoms with Gasteiger partial charge in [0.2, 0.25) is 0 Å². The van der Waals surface area contributed by atoms with Crippen molar-refractivity contribution in [1.82, 2.24) is 15.3 Å². The summed E-state index contributed by atoms with van der Waals surface area (Å²) in [6, 6.07) is 10.9. The summed E-state index contributed by atoms with van der Waals surface area (Å²) in [7, 11) is 1.76. The minimum Gasteiger partial charge on any atom is -0.384 e.